The molecule has 0 heterocycles. The van der Waals surface area contributed by atoms with E-state index in [4.69, 9.17) is 10.5 Å². The van der Waals surface area contributed by atoms with E-state index in [9.17, 15) is 13.0 Å². The molecule has 14 heavy (non-hydrogen) atoms. The average molecular weight is 209 g/mol. The van der Waals surface area contributed by atoms with Gasteiger partial charge in [0.15, 0.2) is 0 Å². The molecule has 0 saturated heterocycles. The maximum absolute atomic E-state index is 10.7. The fourth-order valence-corrected chi connectivity index (χ4v) is 1.72. The summed E-state index contributed by atoms with van der Waals surface area (Å²) in [7, 11) is -3.31. The molecule has 0 aliphatic rings. The van der Waals surface area contributed by atoms with Gasteiger partial charge in [-0.05, 0) is 12.1 Å². The number of ether oxygens (including phenoxy) is 1. The molecule has 0 radical (unpaired) electrons. The number of methoxy groups -OCH3 is 1. The topological polar surface area (TPSA) is 92.5 Å². The summed E-state index contributed by atoms with van der Waals surface area (Å²) in [6.07, 6.45) is 0. The summed E-state index contributed by atoms with van der Waals surface area (Å²) in [4.78, 5) is -0.502. The Kier molecular flexibility index (Phi) is 4.48. The normalized spacial score (nSPS) is 10.4. The summed E-state index contributed by atoms with van der Waals surface area (Å²) in [6.45, 7) is 0. The first-order valence-corrected chi connectivity index (χ1v) is 4.76. The summed E-state index contributed by atoms with van der Waals surface area (Å²) >= 11 is 0. The van der Waals surface area contributed by atoms with Gasteiger partial charge in [0.25, 0.3) is 0 Å². The Balaban J connectivity index is 0.00000169. The van der Waals surface area contributed by atoms with Crippen molar-refractivity contribution in [2.75, 3.05) is 12.8 Å². The quantitative estimate of drug-likeness (QED) is 0.322. The minimum Gasteiger partial charge on any atom is -0.744 e. The van der Waals surface area contributed by atoms with Crippen LogP contribution in [0, 0.1) is 0 Å². The molecule has 0 bridgehead atoms. The number of hydrogen-bond acceptors (Lipinski definition) is 5. The first-order chi connectivity index (χ1) is 5.96. The first kappa shape index (κ1) is 13.3. The fraction of sp³-hybridized carbons (Fsp3) is 0.143. The van der Waals surface area contributed by atoms with Crippen molar-refractivity contribution in [1.29, 1.82) is 0 Å². The van der Waals surface area contributed by atoms with Gasteiger partial charge in [-0.3, -0.25) is 0 Å². The van der Waals surface area contributed by atoms with Crippen molar-refractivity contribution in [3.8, 4) is 5.75 Å². The fourth-order valence-electron chi connectivity index (χ4n) is 0.961. The van der Waals surface area contributed by atoms with E-state index in [0.29, 0.717) is 0 Å². The van der Waals surface area contributed by atoms with Gasteiger partial charge in [0.2, 0.25) is 0 Å². The van der Waals surface area contributed by atoms with E-state index in [1.165, 1.54) is 25.3 Å². The number of nitrogens with two attached hydrogens (primary N) is 1. The van der Waals surface area contributed by atoms with Crippen LogP contribution < -0.4 is 29.3 Å². The molecule has 2 N–H and O–H groups in total. The van der Waals surface area contributed by atoms with E-state index in [2.05, 4.69) is 0 Å². The van der Waals surface area contributed by atoms with Gasteiger partial charge >= 0.3 is 18.9 Å². The van der Waals surface area contributed by atoms with Crippen molar-refractivity contribution >= 4 is 15.8 Å². The van der Waals surface area contributed by atoms with E-state index in [-0.39, 0.29) is 30.3 Å². The molecule has 0 amide bonds. The van der Waals surface area contributed by atoms with Crippen LogP contribution in [0.15, 0.2) is 23.1 Å². The summed E-state index contributed by atoms with van der Waals surface area (Å²) in [5.41, 5.74) is 5.22. The molecule has 1 rings (SSSR count). The van der Waals surface area contributed by atoms with Crippen LogP contribution in [0.2, 0.25) is 0 Å². The van der Waals surface area contributed by atoms with Crippen LogP contribution in [0.25, 0.3) is 0 Å². The Labute approximate surface area is 94.2 Å². The monoisotopic (exact) mass is 209 g/mol. The zero-order valence-electron chi connectivity index (χ0n) is 7.85. The summed E-state index contributed by atoms with van der Waals surface area (Å²) < 4.78 is 36.8. The van der Waals surface area contributed by atoms with Crippen LogP contribution in [0.3, 0.4) is 0 Å². The standard InChI is InChI=1S/C7H9NO4S.Li/c1-12-6-4-2-3-5(8)7(6)13(9,10)11;/h2-4H,8H2,1H3,(H,9,10,11);/q;+1/p-1. The maximum Gasteiger partial charge on any atom is 1.00 e. The van der Waals surface area contributed by atoms with Crippen molar-refractivity contribution < 1.29 is 36.6 Å². The van der Waals surface area contributed by atoms with Crippen LogP contribution in [0.5, 0.6) is 5.75 Å². The van der Waals surface area contributed by atoms with Crippen molar-refractivity contribution in [1.82, 2.24) is 0 Å². The van der Waals surface area contributed by atoms with Gasteiger partial charge in [0.1, 0.15) is 20.8 Å². The molecule has 1 aromatic rings. The first-order valence-electron chi connectivity index (χ1n) is 3.35. The number of nitrogen functional groups attached to an aromatic ring is 1. The zero-order valence-corrected chi connectivity index (χ0v) is 8.67. The maximum atomic E-state index is 10.7. The van der Waals surface area contributed by atoms with Crippen molar-refractivity contribution in [3.05, 3.63) is 18.2 Å². The Morgan fingerprint density at radius 3 is 2.36 bits per heavy atom. The zero-order chi connectivity index (χ0) is 10.1. The SMILES string of the molecule is COc1cccc(N)c1S(=O)(=O)[O-].[Li+]. The number of hydrogen-bond donors (Lipinski definition) is 1. The molecule has 7 heteroatoms. The van der Waals surface area contributed by atoms with Crippen LogP contribution in [0.4, 0.5) is 5.69 Å². The molecule has 72 valence electrons. The largest absolute Gasteiger partial charge is 1.00 e. The summed E-state index contributed by atoms with van der Waals surface area (Å²) in [6, 6.07) is 4.19. The molecule has 0 unspecified atom stereocenters. The molecule has 0 aliphatic heterocycles. The number of rotatable bonds is 2. The van der Waals surface area contributed by atoms with Crippen LogP contribution in [-0.4, -0.2) is 20.1 Å². The van der Waals surface area contributed by atoms with Gasteiger partial charge in [-0.25, -0.2) is 8.42 Å². The molecule has 0 aromatic heterocycles. The average Bonchev–Trinajstić information content (AvgIpc) is 2.01. The predicted octanol–water partition coefficient (Wildman–Crippen LogP) is -2.81. The van der Waals surface area contributed by atoms with Crippen LogP contribution in [-0.2, 0) is 10.1 Å². The van der Waals surface area contributed by atoms with Gasteiger partial charge in [0.05, 0.1) is 12.8 Å². The Hall–Kier alpha value is -0.673. The molecule has 0 aliphatic carbocycles. The van der Waals surface area contributed by atoms with Crippen LogP contribution in [0.1, 0.15) is 0 Å². The molecule has 5 nitrogen and oxygen atoms in total. The number of benzene rings is 1. The Morgan fingerprint density at radius 2 is 2.00 bits per heavy atom. The third kappa shape index (κ3) is 2.66. The molecule has 0 atom stereocenters. The summed E-state index contributed by atoms with van der Waals surface area (Å²) in [5.74, 6) is -0.0324. The van der Waals surface area contributed by atoms with Crippen molar-refractivity contribution in [2.24, 2.45) is 0 Å². The minimum absolute atomic E-state index is 0. The third-order valence-corrected chi connectivity index (χ3v) is 2.42. The third-order valence-electron chi connectivity index (χ3n) is 1.48. The van der Waals surface area contributed by atoms with Crippen molar-refractivity contribution in [3.63, 3.8) is 0 Å². The van der Waals surface area contributed by atoms with Gasteiger partial charge < -0.3 is 15.0 Å². The molecule has 0 fully saturated rings. The second-order valence-corrected chi connectivity index (χ2v) is 3.65. The van der Waals surface area contributed by atoms with E-state index >= 15 is 0 Å². The summed E-state index contributed by atoms with van der Waals surface area (Å²) in [5, 5.41) is 0. The van der Waals surface area contributed by atoms with Gasteiger partial charge in [-0.15, -0.1) is 0 Å². The van der Waals surface area contributed by atoms with Gasteiger partial charge in [-0.1, -0.05) is 6.07 Å². The molecule has 0 spiro atoms. The van der Waals surface area contributed by atoms with E-state index in [1.54, 1.807) is 0 Å². The second-order valence-electron chi connectivity index (χ2n) is 2.33. The molecule has 0 saturated carbocycles. The number of anilines is 1. The van der Waals surface area contributed by atoms with Crippen molar-refractivity contribution in [2.45, 2.75) is 4.90 Å². The molecular formula is C7H8LiNO4S. The predicted molar refractivity (Wildman–Crippen MR) is 45.4 cm³/mol. The van der Waals surface area contributed by atoms with E-state index in [0.717, 1.165) is 0 Å². The van der Waals surface area contributed by atoms with Gasteiger partial charge in [-0.2, -0.15) is 0 Å². The Morgan fingerprint density at radius 1 is 1.43 bits per heavy atom. The van der Waals surface area contributed by atoms with Crippen LogP contribution >= 0.6 is 0 Å². The molecule has 1 aromatic carbocycles. The smallest absolute Gasteiger partial charge is 0.744 e. The Bertz CT molecular complexity index is 418. The van der Waals surface area contributed by atoms with E-state index in [1.807, 2.05) is 0 Å². The van der Waals surface area contributed by atoms with Gasteiger partial charge in [0, 0.05) is 0 Å². The minimum atomic E-state index is -4.58. The van der Waals surface area contributed by atoms with E-state index < -0.39 is 15.0 Å². The second kappa shape index (κ2) is 4.71. The molecular weight excluding hydrogens is 201 g/mol.